The number of hydrogen-bond acceptors (Lipinski definition) is 8. The zero-order valence-corrected chi connectivity index (χ0v) is 22.0. The Labute approximate surface area is 217 Å². The van der Waals surface area contributed by atoms with Crippen LogP contribution < -0.4 is 0 Å². The number of benzene rings is 1. The standard InChI is InChI=1S/C27H38O8S/c1-19(28)34-11-12-35-27(32)7-4-13-36-14-10-24-23(25(30)17-26(24)31)9-8-22(29)16-20-5-3-6-21(15-20)18-33-2/h3,5-6,8-9,15,22-25,29-30H,4,7,10-14,16-18H2,1-2H3/p+1/b9-8+/t22-,23-,24-,25-/m1/s1. The molecule has 8 nitrogen and oxygen atoms in total. The molecular formula is C27H39O8S+. The fourth-order valence-electron chi connectivity index (χ4n) is 4.22. The predicted octanol–water partition coefficient (Wildman–Crippen LogP) is 2.84. The van der Waals surface area contributed by atoms with E-state index in [0.717, 1.165) is 22.6 Å². The molecule has 0 aliphatic heterocycles. The van der Waals surface area contributed by atoms with Gasteiger partial charge in [-0.1, -0.05) is 36.4 Å². The molecule has 1 saturated carbocycles. The monoisotopic (exact) mass is 523 g/mol. The SMILES string of the molecule is COCc1cccc(C[C@H](O)/C=C/[C@H]2[C@H](O)CC(=O)[C@@H]2CCSCCCC(=O)OCCOC(C)=[OH+])c1. The van der Waals surface area contributed by atoms with Crippen molar-refractivity contribution in [3.63, 3.8) is 0 Å². The van der Waals surface area contributed by atoms with Crippen molar-refractivity contribution >= 4 is 29.5 Å². The first-order valence-electron chi connectivity index (χ1n) is 12.3. The predicted molar refractivity (Wildman–Crippen MR) is 139 cm³/mol. The van der Waals surface area contributed by atoms with Gasteiger partial charge >= 0.3 is 11.9 Å². The van der Waals surface area contributed by atoms with Gasteiger partial charge in [0.1, 0.15) is 5.78 Å². The van der Waals surface area contributed by atoms with E-state index in [1.165, 1.54) is 6.92 Å². The van der Waals surface area contributed by atoms with Crippen LogP contribution in [0.5, 0.6) is 0 Å². The van der Waals surface area contributed by atoms with E-state index in [4.69, 9.17) is 19.0 Å². The highest BCUT2D eigenvalue weighted by atomic mass is 32.2. The minimum Gasteiger partial charge on any atom is -0.459 e. The number of thioether (sulfide) groups is 1. The first-order valence-corrected chi connectivity index (χ1v) is 13.5. The Morgan fingerprint density at radius 1 is 1.25 bits per heavy atom. The van der Waals surface area contributed by atoms with Gasteiger partial charge in [0.05, 0.1) is 25.7 Å². The summed E-state index contributed by atoms with van der Waals surface area (Å²) in [5, 5.41) is 20.9. The van der Waals surface area contributed by atoms with Gasteiger partial charge in [0, 0.05) is 38.2 Å². The van der Waals surface area contributed by atoms with Crippen molar-refractivity contribution in [1.29, 1.82) is 0 Å². The zero-order chi connectivity index (χ0) is 26.3. The molecule has 0 spiro atoms. The third-order valence-electron chi connectivity index (χ3n) is 5.94. The van der Waals surface area contributed by atoms with Crippen LogP contribution in [0.2, 0.25) is 0 Å². The molecule has 0 unspecified atom stereocenters. The Hall–Kier alpha value is -2.20. The maximum Gasteiger partial charge on any atom is 0.479 e. The number of esters is 2. The summed E-state index contributed by atoms with van der Waals surface area (Å²) in [5.74, 6) is 0.534. The molecule has 200 valence electrons. The van der Waals surface area contributed by atoms with Gasteiger partial charge in [0.15, 0.2) is 6.61 Å². The molecule has 0 saturated heterocycles. The van der Waals surface area contributed by atoms with E-state index in [1.54, 1.807) is 31.0 Å². The van der Waals surface area contributed by atoms with Gasteiger partial charge < -0.3 is 29.2 Å². The average Bonchev–Trinajstić information content (AvgIpc) is 3.09. The minimum absolute atomic E-state index is 0.0562. The van der Waals surface area contributed by atoms with Crippen molar-refractivity contribution in [2.24, 2.45) is 11.8 Å². The lowest BCUT2D eigenvalue weighted by Gasteiger charge is -2.18. The number of rotatable bonds is 16. The Bertz CT molecular complexity index is 871. The van der Waals surface area contributed by atoms with Crippen LogP contribution in [0, 0.1) is 11.8 Å². The molecule has 9 heteroatoms. The highest BCUT2D eigenvalue weighted by molar-refractivity contribution is 7.99. The van der Waals surface area contributed by atoms with Crippen LogP contribution >= 0.6 is 11.8 Å². The molecule has 1 aliphatic carbocycles. The van der Waals surface area contributed by atoms with Crippen molar-refractivity contribution in [2.45, 2.75) is 57.8 Å². The largest absolute Gasteiger partial charge is 0.479 e. The van der Waals surface area contributed by atoms with E-state index in [-0.39, 0.29) is 49.2 Å². The van der Waals surface area contributed by atoms with Gasteiger partial charge in [-0.25, -0.2) is 0 Å². The van der Waals surface area contributed by atoms with E-state index < -0.39 is 12.2 Å². The van der Waals surface area contributed by atoms with Crippen molar-refractivity contribution < 1.29 is 38.8 Å². The molecule has 3 N–H and O–H groups in total. The average molecular weight is 524 g/mol. The normalized spacial score (nSPS) is 20.6. The summed E-state index contributed by atoms with van der Waals surface area (Å²) < 4.78 is 15.0. The maximum atomic E-state index is 12.4. The van der Waals surface area contributed by atoms with Crippen molar-refractivity contribution in [2.75, 3.05) is 31.8 Å². The molecule has 36 heavy (non-hydrogen) atoms. The van der Waals surface area contributed by atoms with Crippen LogP contribution in [0.3, 0.4) is 0 Å². The molecule has 1 fully saturated rings. The van der Waals surface area contributed by atoms with E-state index in [1.807, 2.05) is 24.3 Å². The topological polar surface area (TPSA) is 124 Å². The van der Waals surface area contributed by atoms with E-state index in [0.29, 0.717) is 32.3 Å². The zero-order valence-electron chi connectivity index (χ0n) is 21.1. The number of hydrogen-bond donors (Lipinski definition) is 2. The third kappa shape index (κ3) is 11.2. The quantitative estimate of drug-likeness (QED) is 0.147. The number of Topliss-reactive ketones (excluding diaryl/α,β-unsaturated/α-hetero) is 1. The van der Waals surface area contributed by atoms with Gasteiger partial charge in [0.2, 0.25) is 6.61 Å². The number of methoxy groups -OCH3 is 1. The molecular weight excluding hydrogens is 484 g/mol. The smallest absolute Gasteiger partial charge is 0.459 e. The number of carbonyl (C=O) groups excluding carboxylic acids is 3. The summed E-state index contributed by atoms with van der Waals surface area (Å²) in [4.78, 5) is 33.0. The van der Waals surface area contributed by atoms with Crippen molar-refractivity contribution in [1.82, 2.24) is 0 Å². The van der Waals surface area contributed by atoms with Gasteiger partial charge in [-0.2, -0.15) is 11.8 Å². The minimum atomic E-state index is -0.730. The number of ether oxygens (including phenoxy) is 3. The van der Waals surface area contributed by atoms with Crippen LogP contribution in [0.15, 0.2) is 36.4 Å². The summed E-state index contributed by atoms with van der Waals surface area (Å²) in [7, 11) is 1.64. The second-order valence-corrected chi connectivity index (χ2v) is 10.1. The first-order chi connectivity index (χ1) is 17.3. The molecule has 4 atom stereocenters. The number of ketones is 1. The fourth-order valence-corrected chi connectivity index (χ4v) is 5.19. The second-order valence-electron chi connectivity index (χ2n) is 8.92. The molecule has 0 radical (unpaired) electrons. The Kier molecular flexibility index (Phi) is 13.8. The summed E-state index contributed by atoms with van der Waals surface area (Å²) in [6.07, 6.45) is 4.23. The highest BCUT2D eigenvalue weighted by Gasteiger charge is 2.39. The van der Waals surface area contributed by atoms with Crippen LogP contribution in [0.25, 0.3) is 0 Å². The maximum absolute atomic E-state index is 12.4. The van der Waals surface area contributed by atoms with E-state index in [2.05, 4.69) is 0 Å². The lowest BCUT2D eigenvalue weighted by molar-refractivity contribution is -0.144. The summed E-state index contributed by atoms with van der Waals surface area (Å²) >= 11 is 1.66. The number of carbonyl (C=O) groups is 2. The molecule has 0 bridgehead atoms. The van der Waals surface area contributed by atoms with Crippen LogP contribution in [0.4, 0.5) is 0 Å². The Morgan fingerprint density at radius 2 is 2.00 bits per heavy atom. The third-order valence-corrected chi connectivity index (χ3v) is 7.04. The summed E-state index contributed by atoms with van der Waals surface area (Å²) in [6.45, 7) is 2.14. The molecule has 2 rings (SSSR count). The second kappa shape index (κ2) is 16.5. The summed E-state index contributed by atoms with van der Waals surface area (Å²) in [6, 6.07) is 7.86. The van der Waals surface area contributed by atoms with Gasteiger partial charge in [0.25, 0.3) is 0 Å². The van der Waals surface area contributed by atoms with E-state index >= 15 is 0 Å². The lowest BCUT2D eigenvalue weighted by Crippen LogP contribution is -2.20. The number of aliphatic hydroxyl groups is 2. The number of aliphatic hydroxyl groups excluding tert-OH is 2. The van der Waals surface area contributed by atoms with Crippen LogP contribution in [-0.2, 0) is 36.8 Å². The summed E-state index contributed by atoms with van der Waals surface area (Å²) in [5.41, 5.74) is 2.03. The van der Waals surface area contributed by atoms with Gasteiger partial charge in [-0.15, -0.1) is 0 Å². The Balaban J connectivity index is 1.71. The molecule has 1 aromatic carbocycles. The van der Waals surface area contributed by atoms with Crippen molar-refractivity contribution in [3.05, 3.63) is 47.5 Å². The van der Waals surface area contributed by atoms with Gasteiger partial charge in [-0.3, -0.25) is 9.59 Å². The molecule has 1 aliphatic rings. The Morgan fingerprint density at radius 3 is 2.75 bits per heavy atom. The first kappa shape index (κ1) is 30.0. The fraction of sp³-hybridized carbons (Fsp3) is 0.593. The van der Waals surface area contributed by atoms with Crippen LogP contribution in [0.1, 0.15) is 43.7 Å². The highest BCUT2D eigenvalue weighted by Crippen LogP contribution is 2.34. The lowest BCUT2D eigenvalue weighted by atomic mass is 9.91. The van der Waals surface area contributed by atoms with Gasteiger partial charge in [-0.05, 0) is 35.5 Å². The molecule has 0 amide bonds. The molecule has 0 heterocycles. The molecule has 1 aromatic rings. The molecule has 0 aromatic heterocycles. The van der Waals surface area contributed by atoms with Crippen LogP contribution in [-0.4, -0.2) is 76.8 Å². The van der Waals surface area contributed by atoms with E-state index in [9.17, 15) is 19.8 Å². The van der Waals surface area contributed by atoms with Crippen molar-refractivity contribution in [3.8, 4) is 0 Å².